The van der Waals surface area contributed by atoms with Gasteiger partial charge in [0.15, 0.2) is 0 Å². The molecule has 180 valence electrons. The first-order valence-electron chi connectivity index (χ1n) is 11.6. The molecular weight excluding hydrogens is 454 g/mol. The number of aromatic carboxylic acids is 1. The normalized spacial score (nSPS) is 13.3. The van der Waals surface area contributed by atoms with Crippen molar-refractivity contribution in [2.24, 2.45) is 7.05 Å². The molecule has 0 bridgehead atoms. The van der Waals surface area contributed by atoms with Crippen molar-refractivity contribution >= 4 is 28.5 Å². The Morgan fingerprint density at radius 1 is 1.14 bits per heavy atom. The summed E-state index contributed by atoms with van der Waals surface area (Å²) in [6.45, 7) is 5.17. The molecule has 0 fully saturated rings. The number of hydrogen-bond donors (Lipinski definition) is 2. The van der Waals surface area contributed by atoms with Crippen LogP contribution in [0.15, 0.2) is 59.4 Å². The fourth-order valence-electron chi connectivity index (χ4n) is 4.86. The third-order valence-electron chi connectivity index (χ3n) is 6.67. The maximum Gasteiger partial charge on any atom is 0.337 e. The second kappa shape index (κ2) is 8.86. The van der Waals surface area contributed by atoms with E-state index < -0.39 is 5.97 Å². The number of carboxylic acid groups (broad SMARTS) is 1. The minimum Gasteiger partial charge on any atom is -0.478 e. The summed E-state index contributed by atoms with van der Waals surface area (Å²) < 4.78 is 1.60. The number of carboxylic acids is 1. The minimum absolute atomic E-state index is 0.0113. The Bertz CT molecular complexity index is 1610. The summed E-state index contributed by atoms with van der Waals surface area (Å²) in [6, 6.07) is 18.2. The quantitative estimate of drug-likeness (QED) is 0.433. The van der Waals surface area contributed by atoms with Gasteiger partial charge in [-0.05, 0) is 54.8 Å². The predicted octanol–water partition coefficient (Wildman–Crippen LogP) is 4.51. The number of aryl methyl sites for hydroxylation is 1. The van der Waals surface area contributed by atoms with E-state index >= 15 is 0 Å². The van der Waals surface area contributed by atoms with Gasteiger partial charge in [0.25, 0.3) is 5.56 Å². The van der Waals surface area contributed by atoms with Gasteiger partial charge in [-0.2, -0.15) is 5.26 Å². The van der Waals surface area contributed by atoms with Crippen LogP contribution >= 0.6 is 0 Å². The summed E-state index contributed by atoms with van der Waals surface area (Å²) in [5.74, 6) is -0.538. The first kappa shape index (κ1) is 23.1. The molecule has 0 saturated heterocycles. The maximum absolute atomic E-state index is 13.4. The summed E-state index contributed by atoms with van der Waals surface area (Å²) >= 11 is 0. The number of nitriles is 1. The zero-order valence-electron chi connectivity index (χ0n) is 20.2. The van der Waals surface area contributed by atoms with Crippen LogP contribution in [0.3, 0.4) is 0 Å². The molecule has 1 aliphatic heterocycles. The lowest BCUT2D eigenvalue weighted by molar-refractivity contribution is 0.0698. The molecule has 1 unspecified atom stereocenters. The van der Waals surface area contributed by atoms with Gasteiger partial charge in [-0.15, -0.1) is 0 Å². The second-order valence-corrected chi connectivity index (χ2v) is 9.19. The number of nitrogens with zero attached hydrogens (tertiary/aromatic N) is 4. The van der Waals surface area contributed by atoms with Crippen LogP contribution in [0.5, 0.6) is 0 Å². The Morgan fingerprint density at radius 3 is 2.47 bits per heavy atom. The van der Waals surface area contributed by atoms with Gasteiger partial charge in [0.1, 0.15) is 0 Å². The van der Waals surface area contributed by atoms with Gasteiger partial charge in [-0.25, -0.2) is 9.78 Å². The molecule has 5 rings (SSSR count). The van der Waals surface area contributed by atoms with Crippen LogP contribution in [-0.2, 0) is 20.1 Å². The fraction of sp³-hybridized carbons (Fsp3) is 0.214. The molecule has 2 N–H and O–H groups in total. The highest BCUT2D eigenvalue weighted by atomic mass is 16.4. The number of nitrogens with one attached hydrogen (secondary N) is 1. The third-order valence-corrected chi connectivity index (χ3v) is 6.67. The summed E-state index contributed by atoms with van der Waals surface area (Å²) in [5, 5.41) is 22.6. The summed E-state index contributed by atoms with van der Waals surface area (Å²) in [5.41, 5.74) is 5.26. The van der Waals surface area contributed by atoms with Crippen molar-refractivity contribution in [3.8, 4) is 6.07 Å². The van der Waals surface area contributed by atoms with Crippen molar-refractivity contribution in [1.29, 1.82) is 5.26 Å². The van der Waals surface area contributed by atoms with Gasteiger partial charge in [-0.1, -0.05) is 30.3 Å². The van der Waals surface area contributed by atoms with E-state index in [-0.39, 0.29) is 22.7 Å². The topological polar surface area (TPSA) is 111 Å². The zero-order valence-corrected chi connectivity index (χ0v) is 20.2. The highest BCUT2D eigenvalue weighted by molar-refractivity contribution is 5.95. The van der Waals surface area contributed by atoms with Crippen LogP contribution < -0.4 is 15.8 Å². The van der Waals surface area contributed by atoms with Crippen molar-refractivity contribution in [3.63, 3.8) is 0 Å². The van der Waals surface area contributed by atoms with E-state index in [0.29, 0.717) is 35.6 Å². The van der Waals surface area contributed by atoms with E-state index in [9.17, 15) is 14.7 Å². The number of hydrogen-bond acceptors (Lipinski definition) is 6. The lowest BCUT2D eigenvalue weighted by atomic mass is 10.00. The summed E-state index contributed by atoms with van der Waals surface area (Å²) in [6.07, 6.45) is 0. The first-order valence-corrected chi connectivity index (χ1v) is 11.6. The average molecular weight is 480 g/mol. The van der Waals surface area contributed by atoms with Gasteiger partial charge >= 0.3 is 5.97 Å². The van der Waals surface area contributed by atoms with Crippen LogP contribution in [-0.4, -0.2) is 20.6 Å². The minimum atomic E-state index is -1.13. The van der Waals surface area contributed by atoms with E-state index in [4.69, 9.17) is 10.2 Å². The molecule has 4 aromatic rings. The van der Waals surface area contributed by atoms with E-state index in [0.717, 1.165) is 11.1 Å². The van der Waals surface area contributed by atoms with E-state index in [1.165, 1.54) is 17.2 Å². The third kappa shape index (κ3) is 3.95. The van der Waals surface area contributed by atoms with Crippen LogP contribution in [0, 0.1) is 18.3 Å². The fourth-order valence-corrected chi connectivity index (χ4v) is 4.86. The van der Waals surface area contributed by atoms with Crippen molar-refractivity contribution < 1.29 is 9.90 Å². The Morgan fingerprint density at radius 2 is 1.83 bits per heavy atom. The van der Waals surface area contributed by atoms with Gasteiger partial charge in [0.2, 0.25) is 5.95 Å². The van der Waals surface area contributed by atoms with Crippen molar-refractivity contribution in [3.05, 3.63) is 98.3 Å². The number of benzene rings is 3. The summed E-state index contributed by atoms with van der Waals surface area (Å²) in [4.78, 5) is 32.3. The largest absolute Gasteiger partial charge is 0.478 e. The smallest absolute Gasteiger partial charge is 0.337 e. The molecule has 0 amide bonds. The summed E-state index contributed by atoms with van der Waals surface area (Å²) in [7, 11) is 1.74. The van der Waals surface area contributed by atoms with E-state index in [2.05, 4.69) is 22.3 Å². The highest BCUT2D eigenvalue weighted by Crippen LogP contribution is 2.31. The van der Waals surface area contributed by atoms with Gasteiger partial charge < -0.3 is 15.3 Å². The van der Waals surface area contributed by atoms with Crippen LogP contribution in [0.1, 0.15) is 51.1 Å². The van der Waals surface area contributed by atoms with E-state index in [1.54, 1.807) is 23.7 Å². The number of anilines is 2. The molecule has 8 heteroatoms. The van der Waals surface area contributed by atoms with Crippen molar-refractivity contribution in [1.82, 2.24) is 9.55 Å². The Balaban J connectivity index is 1.60. The predicted molar refractivity (Wildman–Crippen MR) is 138 cm³/mol. The Hall–Kier alpha value is -4.64. The number of fused-ring (bicyclic) bond motifs is 2. The Kier molecular flexibility index (Phi) is 5.69. The van der Waals surface area contributed by atoms with Crippen molar-refractivity contribution in [2.45, 2.75) is 33.0 Å². The molecule has 1 atom stereocenters. The molecule has 8 nitrogen and oxygen atoms in total. The van der Waals surface area contributed by atoms with Gasteiger partial charge in [0, 0.05) is 31.4 Å². The number of aromatic nitrogens is 2. The molecule has 0 saturated carbocycles. The van der Waals surface area contributed by atoms with Crippen molar-refractivity contribution in [2.75, 3.05) is 10.2 Å². The Labute approximate surface area is 208 Å². The lowest BCUT2D eigenvalue weighted by Crippen LogP contribution is -2.28. The molecule has 0 aliphatic carbocycles. The van der Waals surface area contributed by atoms with Crippen LogP contribution in [0.25, 0.3) is 10.9 Å². The zero-order chi connectivity index (χ0) is 25.6. The average Bonchev–Trinajstić information content (AvgIpc) is 3.30. The van der Waals surface area contributed by atoms with Gasteiger partial charge in [0.05, 0.1) is 34.1 Å². The molecule has 3 aromatic carbocycles. The maximum atomic E-state index is 13.4. The highest BCUT2D eigenvalue weighted by Gasteiger charge is 2.24. The van der Waals surface area contributed by atoms with Crippen LogP contribution in [0.4, 0.5) is 11.6 Å². The van der Waals surface area contributed by atoms with Gasteiger partial charge in [-0.3, -0.25) is 9.36 Å². The SMILES string of the molecule is Cc1cc(C(C)Nc2ccc(C#N)cc2C(=O)O)c2nc(N3Cc4ccccc4C3)n(C)c(=O)c2c1. The van der Waals surface area contributed by atoms with E-state index in [1.807, 2.05) is 44.2 Å². The number of carbonyl (C=O) groups is 1. The molecular formula is C28H25N5O3. The monoisotopic (exact) mass is 479 g/mol. The first-order chi connectivity index (χ1) is 17.3. The molecule has 0 radical (unpaired) electrons. The number of rotatable bonds is 5. The molecule has 0 spiro atoms. The molecule has 2 heterocycles. The molecule has 1 aromatic heterocycles. The van der Waals surface area contributed by atoms with Crippen LogP contribution in [0.2, 0.25) is 0 Å². The standard InChI is InChI=1S/C28H25N5O3/c1-16-10-21(17(2)30-24-9-8-18(13-29)12-22(24)27(35)36)25-23(11-16)26(34)32(3)28(31-25)33-14-19-6-4-5-7-20(19)15-33/h4-12,17,30H,14-15H2,1-3H3,(H,35,36). The second-order valence-electron chi connectivity index (χ2n) is 9.19. The molecule has 36 heavy (non-hydrogen) atoms. The lowest BCUT2D eigenvalue weighted by Gasteiger charge is -2.23. The molecule has 1 aliphatic rings.